The molecule has 0 atom stereocenters. The lowest BCUT2D eigenvalue weighted by molar-refractivity contribution is -0.0168. The molecule has 0 unspecified atom stereocenters. The molecule has 4 fully saturated rings. The van der Waals surface area contributed by atoms with Gasteiger partial charge in [0.05, 0.1) is 5.69 Å². The summed E-state index contributed by atoms with van der Waals surface area (Å²) in [5, 5.41) is 3.51. The van der Waals surface area contributed by atoms with E-state index >= 15 is 0 Å². The predicted molar refractivity (Wildman–Crippen MR) is 97.7 cm³/mol. The van der Waals surface area contributed by atoms with Gasteiger partial charge in [-0.25, -0.2) is 4.98 Å². The van der Waals surface area contributed by atoms with Gasteiger partial charge in [-0.1, -0.05) is 13.0 Å². The first-order valence-electron chi connectivity index (χ1n) is 9.85. The van der Waals surface area contributed by atoms with Gasteiger partial charge in [0.2, 0.25) is 0 Å². The smallest absolute Gasteiger partial charge is 0.270 e. The van der Waals surface area contributed by atoms with E-state index in [0.29, 0.717) is 0 Å². The second-order valence-electron chi connectivity index (χ2n) is 8.85. The summed E-state index contributed by atoms with van der Waals surface area (Å²) in [6.07, 6.45) is 10.5. The third kappa shape index (κ3) is 2.41. The standard InChI is InChI=1S/C21H27N3O/c1-3-17-19(24-12-13(2)4-5-18(24)22-17)20(25)23-21-9-14-6-15(10-21)8-16(7-14)11-21/h4-5,12,14-16H,3,6-11H2,1-2H3,(H,23,25). The van der Waals surface area contributed by atoms with Crippen LogP contribution in [-0.4, -0.2) is 20.8 Å². The van der Waals surface area contributed by atoms with Crippen molar-refractivity contribution in [2.45, 2.75) is 64.3 Å². The van der Waals surface area contributed by atoms with Crippen molar-refractivity contribution in [2.24, 2.45) is 17.8 Å². The number of nitrogens with one attached hydrogen (secondary N) is 1. The fraction of sp³-hybridized carbons (Fsp3) is 0.619. The van der Waals surface area contributed by atoms with E-state index < -0.39 is 0 Å². The Morgan fingerprint density at radius 3 is 2.44 bits per heavy atom. The molecule has 4 aliphatic carbocycles. The summed E-state index contributed by atoms with van der Waals surface area (Å²) >= 11 is 0. The molecular formula is C21H27N3O. The van der Waals surface area contributed by atoms with E-state index in [-0.39, 0.29) is 11.4 Å². The summed E-state index contributed by atoms with van der Waals surface area (Å²) < 4.78 is 1.99. The fourth-order valence-electron chi connectivity index (χ4n) is 6.25. The van der Waals surface area contributed by atoms with E-state index in [2.05, 4.69) is 30.2 Å². The predicted octanol–water partition coefficient (Wildman–Crippen LogP) is 3.90. The van der Waals surface area contributed by atoms with Gasteiger partial charge in [0.15, 0.2) is 0 Å². The zero-order chi connectivity index (χ0) is 17.2. The maximum absolute atomic E-state index is 13.3. The van der Waals surface area contributed by atoms with Gasteiger partial charge in [-0.05, 0) is 81.3 Å². The molecule has 1 amide bonds. The van der Waals surface area contributed by atoms with Gasteiger partial charge >= 0.3 is 0 Å². The normalized spacial score (nSPS) is 33.1. The lowest BCUT2D eigenvalue weighted by atomic mass is 9.53. The summed E-state index contributed by atoms with van der Waals surface area (Å²) in [4.78, 5) is 18.0. The van der Waals surface area contributed by atoms with Crippen molar-refractivity contribution in [1.82, 2.24) is 14.7 Å². The van der Waals surface area contributed by atoms with E-state index in [1.54, 1.807) is 0 Å². The van der Waals surface area contributed by atoms with Crippen LogP contribution in [0, 0.1) is 24.7 Å². The summed E-state index contributed by atoms with van der Waals surface area (Å²) in [5.41, 5.74) is 3.73. The number of amides is 1. The molecule has 0 aromatic carbocycles. The van der Waals surface area contributed by atoms with Crippen LogP contribution in [0.15, 0.2) is 18.3 Å². The molecule has 0 saturated heterocycles. The van der Waals surface area contributed by atoms with Crippen molar-refractivity contribution in [3.05, 3.63) is 35.3 Å². The topological polar surface area (TPSA) is 46.4 Å². The quantitative estimate of drug-likeness (QED) is 0.923. The fourth-order valence-corrected chi connectivity index (χ4v) is 6.25. The van der Waals surface area contributed by atoms with Crippen molar-refractivity contribution >= 4 is 11.6 Å². The maximum atomic E-state index is 13.3. The molecule has 2 aromatic rings. The summed E-state index contributed by atoms with van der Waals surface area (Å²) in [6, 6.07) is 4.07. The number of fused-ring (bicyclic) bond motifs is 1. The number of carbonyl (C=O) groups is 1. The molecule has 6 rings (SSSR count). The minimum absolute atomic E-state index is 0.0465. The molecule has 4 saturated carbocycles. The molecule has 25 heavy (non-hydrogen) atoms. The van der Waals surface area contributed by atoms with Gasteiger partial charge < -0.3 is 5.32 Å². The molecule has 2 heterocycles. The Hall–Kier alpha value is -1.84. The Morgan fingerprint density at radius 2 is 1.84 bits per heavy atom. The third-order valence-corrected chi connectivity index (χ3v) is 6.81. The second kappa shape index (κ2) is 5.33. The molecule has 0 aliphatic heterocycles. The van der Waals surface area contributed by atoms with E-state index in [9.17, 15) is 4.79 Å². The molecule has 4 aliphatic rings. The molecule has 132 valence electrons. The van der Waals surface area contributed by atoms with E-state index in [4.69, 9.17) is 0 Å². The van der Waals surface area contributed by atoms with Crippen LogP contribution in [0.2, 0.25) is 0 Å². The van der Waals surface area contributed by atoms with E-state index in [1.807, 2.05) is 16.7 Å². The molecule has 2 aromatic heterocycles. The number of rotatable bonds is 3. The molecule has 1 N–H and O–H groups in total. The van der Waals surface area contributed by atoms with Gasteiger partial charge in [-0.3, -0.25) is 9.20 Å². The Morgan fingerprint density at radius 1 is 1.20 bits per heavy atom. The summed E-state index contributed by atoms with van der Waals surface area (Å²) in [7, 11) is 0. The van der Waals surface area contributed by atoms with Crippen LogP contribution in [0.3, 0.4) is 0 Å². The largest absolute Gasteiger partial charge is 0.345 e. The van der Waals surface area contributed by atoms with Crippen LogP contribution in [0.5, 0.6) is 0 Å². The number of nitrogens with zero attached hydrogens (tertiary/aromatic N) is 2. The number of aromatic nitrogens is 2. The minimum Gasteiger partial charge on any atom is -0.345 e. The van der Waals surface area contributed by atoms with Gasteiger partial charge in [-0.2, -0.15) is 0 Å². The number of hydrogen-bond donors (Lipinski definition) is 1. The van der Waals surface area contributed by atoms with Crippen LogP contribution in [0.25, 0.3) is 5.65 Å². The van der Waals surface area contributed by atoms with Crippen molar-refractivity contribution in [3.63, 3.8) is 0 Å². The highest BCUT2D eigenvalue weighted by Crippen LogP contribution is 2.55. The van der Waals surface area contributed by atoms with Crippen LogP contribution < -0.4 is 5.32 Å². The highest BCUT2D eigenvalue weighted by molar-refractivity contribution is 5.95. The van der Waals surface area contributed by atoms with Gasteiger partial charge in [0.1, 0.15) is 11.3 Å². The number of pyridine rings is 1. The highest BCUT2D eigenvalue weighted by Gasteiger charge is 2.51. The molecule has 4 bridgehead atoms. The molecule has 4 nitrogen and oxygen atoms in total. The Balaban J connectivity index is 1.51. The number of aryl methyl sites for hydroxylation is 2. The maximum Gasteiger partial charge on any atom is 0.270 e. The van der Waals surface area contributed by atoms with Crippen LogP contribution >= 0.6 is 0 Å². The Kier molecular flexibility index (Phi) is 3.28. The first-order chi connectivity index (χ1) is 12.0. The molecule has 0 radical (unpaired) electrons. The highest BCUT2D eigenvalue weighted by atomic mass is 16.2. The number of hydrogen-bond acceptors (Lipinski definition) is 2. The SMILES string of the molecule is CCc1nc2ccc(C)cn2c1C(=O)NC12CC3CC(CC(C3)C1)C2. The summed E-state index contributed by atoms with van der Waals surface area (Å²) in [6.45, 7) is 4.14. The van der Waals surface area contributed by atoms with E-state index in [1.165, 1.54) is 38.5 Å². The van der Waals surface area contributed by atoms with Gasteiger partial charge in [0.25, 0.3) is 5.91 Å². The van der Waals surface area contributed by atoms with Crippen molar-refractivity contribution in [1.29, 1.82) is 0 Å². The van der Waals surface area contributed by atoms with Gasteiger partial charge in [-0.15, -0.1) is 0 Å². The van der Waals surface area contributed by atoms with E-state index in [0.717, 1.165) is 46.8 Å². The zero-order valence-corrected chi connectivity index (χ0v) is 15.2. The molecular weight excluding hydrogens is 310 g/mol. The lowest BCUT2D eigenvalue weighted by Gasteiger charge is -2.56. The number of carbonyl (C=O) groups excluding carboxylic acids is 1. The Bertz CT molecular complexity index is 815. The van der Waals surface area contributed by atoms with Crippen LogP contribution in [0.4, 0.5) is 0 Å². The average Bonchev–Trinajstić information content (AvgIpc) is 2.90. The van der Waals surface area contributed by atoms with Gasteiger partial charge in [0, 0.05) is 11.7 Å². The molecule has 0 spiro atoms. The second-order valence-corrected chi connectivity index (χ2v) is 8.85. The van der Waals surface area contributed by atoms with Crippen molar-refractivity contribution in [3.8, 4) is 0 Å². The third-order valence-electron chi connectivity index (χ3n) is 6.81. The zero-order valence-electron chi connectivity index (χ0n) is 15.2. The number of imidazole rings is 1. The van der Waals surface area contributed by atoms with Crippen molar-refractivity contribution < 1.29 is 4.79 Å². The first-order valence-corrected chi connectivity index (χ1v) is 9.85. The summed E-state index contributed by atoms with van der Waals surface area (Å²) in [5.74, 6) is 2.58. The first kappa shape index (κ1) is 15.4. The minimum atomic E-state index is 0.0465. The average molecular weight is 337 g/mol. The lowest BCUT2D eigenvalue weighted by Crippen LogP contribution is -2.60. The Labute approximate surface area is 149 Å². The van der Waals surface area contributed by atoms with Crippen LogP contribution in [-0.2, 0) is 6.42 Å². The van der Waals surface area contributed by atoms with Crippen molar-refractivity contribution in [2.75, 3.05) is 0 Å². The molecule has 4 heteroatoms. The monoisotopic (exact) mass is 337 g/mol. The van der Waals surface area contributed by atoms with Crippen LogP contribution in [0.1, 0.15) is 67.2 Å².